The third-order valence-electron chi connectivity index (χ3n) is 4.87. The van der Waals surface area contributed by atoms with Crippen molar-refractivity contribution >= 4 is 28.1 Å². The highest BCUT2D eigenvalue weighted by molar-refractivity contribution is 7.09. The maximum Gasteiger partial charge on any atom is 0.253 e. The number of hydrogen-bond acceptors (Lipinski definition) is 3. The van der Waals surface area contributed by atoms with Gasteiger partial charge in [-0.05, 0) is 37.3 Å². The number of nitrogens with zero attached hydrogens (tertiary/aromatic N) is 1. The lowest BCUT2D eigenvalue weighted by Gasteiger charge is -2.10. The van der Waals surface area contributed by atoms with E-state index in [2.05, 4.69) is 35.2 Å². The summed E-state index contributed by atoms with van der Waals surface area (Å²) >= 11 is 1.66. The SMILES string of the molecule is CC(C)c1nc(CNC(=O)c2cccc3c4c([nH]c23)CCCC4)cs1. The number of para-hydroxylation sites is 1. The number of rotatable bonds is 4. The molecule has 0 saturated heterocycles. The molecule has 1 amide bonds. The van der Waals surface area contributed by atoms with E-state index in [4.69, 9.17) is 0 Å². The van der Waals surface area contributed by atoms with Gasteiger partial charge in [0.1, 0.15) is 0 Å². The predicted octanol–water partition coefficient (Wildman–Crippen LogP) is 4.56. The van der Waals surface area contributed by atoms with Gasteiger partial charge in [-0.25, -0.2) is 4.98 Å². The van der Waals surface area contributed by atoms with Crippen LogP contribution in [-0.2, 0) is 19.4 Å². The number of carbonyl (C=O) groups excluding carboxylic acids is 1. The summed E-state index contributed by atoms with van der Waals surface area (Å²) in [7, 11) is 0. The topological polar surface area (TPSA) is 57.8 Å². The second-order valence-electron chi connectivity index (χ2n) is 7.03. The molecular formula is C20H23N3OS. The lowest BCUT2D eigenvalue weighted by molar-refractivity contribution is 0.0952. The van der Waals surface area contributed by atoms with Crippen molar-refractivity contribution in [2.45, 2.75) is 52.0 Å². The van der Waals surface area contributed by atoms with Gasteiger partial charge in [0.15, 0.2) is 0 Å². The molecule has 2 N–H and O–H groups in total. The van der Waals surface area contributed by atoms with E-state index in [0.717, 1.165) is 34.6 Å². The Kier molecular flexibility index (Phi) is 4.34. The zero-order valence-corrected chi connectivity index (χ0v) is 15.5. The van der Waals surface area contributed by atoms with E-state index in [1.165, 1.54) is 29.5 Å². The van der Waals surface area contributed by atoms with Crippen molar-refractivity contribution in [2.75, 3.05) is 0 Å². The van der Waals surface area contributed by atoms with Crippen LogP contribution in [0.3, 0.4) is 0 Å². The highest BCUT2D eigenvalue weighted by Crippen LogP contribution is 2.30. The van der Waals surface area contributed by atoms with Crippen LogP contribution in [0.1, 0.15) is 64.9 Å². The number of carbonyl (C=O) groups is 1. The van der Waals surface area contributed by atoms with Gasteiger partial charge < -0.3 is 10.3 Å². The number of aryl methyl sites for hydroxylation is 2. The van der Waals surface area contributed by atoms with Crippen LogP contribution in [0.4, 0.5) is 0 Å². The molecule has 4 nitrogen and oxygen atoms in total. The van der Waals surface area contributed by atoms with Gasteiger partial charge >= 0.3 is 0 Å². The normalized spacial score (nSPS) is 14.0. The summed E-state index contributed by atoms with van der Waals surface area (Å²) in [6.45, 7) is 4.74. The van der Waals surface area contributed by atoms with Gasteiger partial charge in [-0.2, -0.15) is 0 Å². The maximum absolute atomic E-state index is 12.7. The fraction of sp³-hybridized carbons (Fsp3) is 0.400. The number of aromatic nitrogens is 2. The van der Waals surface area contributed by atoms with Crippen molar-refractivity contribution in [1.82, 2.24) is 15.3 Å². The smallest absolute Gasteiger partial charge is 0.253 e. The fourth-order valence-electron chi connectivity index (χ4n) is 3.55. The highest BCUT2D eigenvalue weighted by atomic mass is 32.1. The average Bonchev–Trinajstić information content (AvgIpc) is 3.24. The molecule has 0 bridgehead atoms. The monoisotopic (exact) mass is 353 g/mol. The number of thiazole rings is 1. The predicted molar refractivity (Wildman–Crippen MR) is 102 cm³/mol. The first-order valence-corrected chi connectivity index (χ1v) is 9.86. The number of H-pyrrole nitrogens is 1. The van der Waals surface area contributed by atoms with Crippen LogP contribution in [-0.4, -0.2) is 15.9 Å². The maximum atomic E-state index is 12.7. The van der Waals surface area contributed by atoms with Gasteiger partial charge in [-0.1, -0.05) is 26.0 Å². The number of aromatic amines is 1. The molecule has 1 aliphatic carbocycles. The molecule has 1 aliphatic rings. The number of amides is 1. The number of fused-ring (bicyclic) bond motifs is 3. The minimum Gasteiger partial charge on any atom is -0.358 e. The molecule has 0 spiro atoms. The molecule has 2 heterocycles. The molecule has 3 aromatic rings. The summed E-state index contributed by atoms with van der Waals surface area (Å²) in [5.74, 6) is 0.386. The molecule has 0 aliphatic heterocycles. The van der Waals surface area contributed by atoms with E-state index in [0.29, 0.717) is 12.5 Å². The number of nitrogens with one attached hydrogen (secondary N) is 2. The van der Waals surface area contributed by atoms with Crippen LogP contribution in [0.25, 0.3) is 10.9 Å². The first-order chi connectivity index (χ1) is 12.1. The van der Waals surface area contributed by atoms with Crippen molar-refractivity contribution in [3.8, 4) is 0 Å². The molecule has 5 heteroatoms. The van der Waals surface area contributed by atoms with Crippen LogP contribution in [0, 0.1) is 0 Å². The second-order valence-corrected chi connectivity index (χ2v) is 7.92. The zero-order valence-electron chi connectivity index (χ0n) is 14.7. The lowest BCUT2D eigenvalue weighted by atomic mass is 9.95. The molecular weight excluding hydrogens is 330 g/mol. The van der Waals surface area contributed by atoms with E-state index in [-0.39, 0.29) is 5.91 Å². The van der Waals surface area contributed by atoms with E-state index in [1.807, 2.05) is 17.5 Å². The van der Waals surface area contributed by atoms with Crippen molar-refractivity contribution in [2.24, 2.45) is 0 Å². The van der Waals surface area contributed by atoms with Crippen LogP contribution >= 0.6 is 11.3 Å². The van der Waals surface area contributed by atoms with Gasteiger partial charge in [0.2, 0.25) is 0 Å². The number of benzene rings is 1. The quantitative estimate of drug-likeness (QED) is 0.722. The molecule has 25 heavy (non-hydrogen) atoms. The molecule has 130 valence electrons. The van der Waals surface area contributed by atoms with Crippen molar-refractivity contribution in [1.29, 1.82) is 0 Å². The Morgan fingerprint density at radius 3 is 2.96 bits per heavy atom. The summed E-state index contributed by atoms with van der Waals surface area (Å²) in [5, 5.41) is 7.38. The van der Waals surface area contributed by atoms with E-state index < -0.39 is 0 Å². The van der Waals surface area contributed by atoms with Crippen molar-refractivity contribution in [3.05, 3.63) is 51.1 Å². The molecule has 0 saturated carbocycles. The standard InChI is InChI=1S/C20H23N3OS/c1-12(2)20-22-13(11-25-20)10-21-19(24)16-8-5-7-15-14-6-3-4-9-17(14)23-18(15)16/h5,7-8,11-12,23H,3-4,6,9-10H2,1-2H3,(H,21,24). The summed E-state index contributed by atoms with van der Waals surface area (Å²) < 4.78 is 0. The Balaban J connectivity index is 1.56. The fourth-order valence-corrected chi connectivity index (χ4v) is 4.39. The van der Waals surface area contributed by atoms with Gasteiger partial charge in [-0.3, -0.25) is 4.79 Å². The minimum atomic E-state index is -0.0386. The summed E-state index contributed by atoms with van der Waals surface area (Å²) in [5.41, 5.74) is 5.35. The summed E-state index contributed by atoms with van der Waals surface area (Å²) in [6, 6.07) is 6.02. The van der Waals surface area contributed by atoms with Crippen LogP contribution in [0.2, 0.25) is 0 Å². The van der Waals surface area contributed by atoms with E-state index in [1.54, 1.807) is 11.3 Å². The molecule has 2 aromatic heterocycles. The Bertz CT molecular complexity index is 922. The molecule has 0 fully saturated rings. The summed E-state index contributed by atoms with van der Waals surface area (Å²) in [4.78, 5) is 20.8. The second kappa shape index (κ2) is 6.64. The minimum absolute atomic E-state index is 0.0386. The lowest BCUT2D eigenvalue weighted by Crippen LogP contribution is -2.23. The molecule has 1 aromatic carbocycles. The first kappa shape index (κ1) is 16.3. The Morgan fingerprint density at radius 2 is 2.16 bits per heavy atom. The van der Waals surface area contributed by atoms with Gasteiger partial charge in [0, 0.05) is 22.4 Å². The first-order valence-electron chi connectivity index (χ1n) is 8.98. The van der Waals surface area contributed by atoms with Gasteiger partial charge in [0.25, 0.3) is 5.91 Å². The third-order valence-corrected chi connectivity index (χ3v) is 6.07. The molecule has 0 unspecified atom stereocenters. The average molecular weight is 353 g/mol. The van der Waals surface area contributed by atoms with E-state index in [9.17, 15) is 4.79 Å². The van der Waals surface area contributed by atoms with Crippen LogP contribution in [0.5, 0.6) is 0 Å². The number of hydrogen-bond donors (Lipinski definition) is 2. The van der Waals surface area contributed by atoms with Crippen LogP contribution < -0.4 is 5.32 Å². The van der Waals surface area contributed by atoms with Gasteiger partial charge in [-0.15, -0.1) is 11.3 Å². The Hall–Kier alpha value is -2.14. The molecule has 4 rings (SSSR count). The zero-order chi connectivity index (χ0) is 17.4. The molecule has 0 atom stereocenters. The summed E-state index contributed by atoms with van der Waals surface area (Å²) in [6.07, 6.45) is 4.65. The third kappa shape index (κ3) is 3.09. The Labute approximate surface area is 151 Å². The highest BCUT2D eigenvalue weighted by Gasteiger charge is 2.19. The van der Waals surface area contributed by atoms with Crippen molar-refractivity contribution < 1.29 is 4.79 Å². The Morgan fingerprint density at radius 1 is 1.32 bits per heavy atom. The van der Waals surface area contributed by atoms with Gasteiger partial charge in [0.05, 0.1) is 28.3 Å². The van der Waals surface area contributed by atoms with Crippen molar-refractivity contribution in [3.63, 3.8) is 0 Å². The van der Waals surface area contributed by atoms with Crippen LogP contribution in [0.15, 0.2) is 23.6 Å². The molecule has 0 radical (unpaired) electrons. The van der Waals surface area contributed by atoms with E-state index >= 15 is 0 Å². The largest absolute Gasteiger partial charge is 0.358 e.